The van der Waals surface area contributed by atoms with Crippen LogP contribution in [0.3, 0.4) is 0 Å². The highest BCUT2D eigenvalue weighted by Crippen LogP contribution is 2.40. The van der Waals surface area contributed by atoms with E-state index in [4.69, 9.17) is 23.4 Å². The number of carbonyl (C=O) groups is 1. The van der Waals surface area contributed by atoms with Gasteiger partial charge in [0.1, 0.15) is 18.1 Å². The van der Waals surface area contributed by atoms with E-state index in [0.717, 1.165) is 0 Å². The highest BCUT2D eigenvalue weighted by atomic mass is 16.5. The van der Waals surface area contributed by atoms with Crippen molar-refractivity contribution in [1.29, 1.82) is 0 Å². The number of hydrogen-bond donors (Lipinski definition) is 0. The minimum Gasteiger partial charge on any atom is -0.493 e. The third-order valence-corrected chi connectivity index (χ3v) is 2.82. The van der Waals surface area contributed by atoms with Crippen molar-refractivity contribution in [3.63, 3.8) is 0 Å². The molecule has 0 aliphatic carbocycles. The molecular formula is C15H16O6. The van der Waals surface area contributed by atoms with Gasteiger partial charge in [-0.05, 0) is 12.1 Å². The normalized spacial score (nSPS) is 10.0. The molecule has 1 heterocycles. The predicted molar refractivity (Wildman–Crippen MR) is 74.5 cm³/mol. The van der Waals surface area contributed by atoms with Gasteiger partial charge in [-0.3, -0.25) is 4.79 Å². The van der Waals surface area contributed by atoms with Crippen LogP contribution in [-0.2, 0) is 6.61 Å². The molecule has 0 saturated heterocycles. The Morgan fingerprint density at radius 1 is 1.05 bits per heavy atom. The Morgan fingerprint density at radius 3 is 2.19 bits per heavy atom. The maximum atomic E-state index is 10.6. The van der Waals surface area contributed by atoms with Gasteiger partial charge in [0.25, 0.3) is 0 Å². The van der Waals surface area contributed by atoms with Crippen LogP contribution in [0.5, 0.6) is 23.0 Å². The Hall–Kier alpha value is -2.63. The first-order chi connectivity index (χ1) is 10.2. The average molecular weight is 292 g/mol. The molecule has 1 aromatic carbocycles. The van der Waals surface area contributed by atoms with Gasteiger partial charge in [-0.1, -0.05) is 0 Å². The lowest BCUT2D eigenvalue weighted by Gasteiger charge is -2.14. The largest absolute Gasteiger partial charge is 0.493 e. The van der Waals surface area contributed by atoms with E-state index < -0.39 is 0 Å². The van der Waals surface area contributed by atoms with Gasteiger partial charge in [0.2, 0.25) is 5.75 Å². The monoisotopic (exact) mass is 292 g/mol. The molecule has 0 atom stereocenters. The summed E-state index contributed by atoms with van der Waals surface area (Å²) in [6.07, 6.45) is 0.642. The van der Waals surface area contributed by atoms with Crippen molar-refractivity contribution in [1.82, 2.24) is 0 Å². The van der Waals surface area contributed by atoms with Gasteiger partial charge in [0.05, 0.1) is 21.3 Å². The molecule has 2 rings (SSSR count). The van der Waals surface area contributed by atoms with Crippen LogP contribution < -0.4 is 18.9 Å². The van der Waals surface area contributed by atoms with Gasteiger partial charge in [0.15, 0.2) is 23.5 Å². The number of ether oxygens (including phenoxy) is 4. The molecule has 0 fully saturated rings. The second-order valence-electron chi connectivity index (χ2n) is 4.07. The Kier molecular flexibility index (Phi) is 4.71. The van der Waals surface area contributed by atoms with Crippen LogP contribution in [0.1, 0.15) is 16.3 Å². The first-order valence-electron chi connectivity index (χ1n) is 6.18. The van der Waals surface area contributed by atoms with Crippen molar-refractivity contribution in [2.24, 2.45) is 0 Å². The Balaban J connectivity index is 2.17. The van der Waals surface area contributed by atoms with Crippen molar-refractivity contribution in [3.05, 3.63) is 35.8 Å². The number of carbonyl (C=O) groups excluding carboxylic acids is 1. The van der Waals surface area contributed by atoms with E-state index in [-0.39, 0.29) is 12.4 Å². The fourth-order valence-corrected chi connectivity index (χ4v) is 1.83. The lowest BCUT2D eigenvalue weighted by atomic mass is 10.2. The average Bonchev–Trinajstić information content (AvgIpc) is 2.99. The third-order valence-electron chi connectivity index (χ3n) is 2.82. The number of aldehydes is 1. The van der Waals surface area contributed by atoms with E-state index in [2.05, 4.69) is 0 Å². The summed E-state index contributed by atoms with van der Waals surface area (Å²) in [4.78, 5) is 10.6. The number of benzene rings is 1. The quantitative estimate of drug-likeness (QED) is 0.731. The van der Waals surface area contributed by atoms with Crippen molar-refractivity contribution in [2.45, 2.75) is 6.61 Å². The summed E-state index contributed by atoms with van der Waals surface area (Å²) in [7, 11) is 4.60. The molecule has 0 spiro atoms. The molecule has 1 aromatic heterocycles. The molecule has 0 N–H and O–H groups in total. The van der Waals surface area contributed by atoms with Crippen LogP contribution in [0.2, 0.25) is 0 Å². The van der Waals surface area contributed by atoms with E-state index >= 15 is 0 Å². The first-order valence-corrected chi connectivity index (χ1v) is 6.18. The topological polar surface area (TPSA) is 67.1 Å². The zero-order valence-corrected chi connectivity index (χ0v) is 12.0. The maximum absolute atomic E-state index is 10.6. The summed E-state index contributed by atoms with van der Waals surface area (Å²) in [5, 5.41) is 0. The zero-order valence-electron chi connectivity index (χ0n) is 12.0. The summed E-state index contributed by atoms with van der Waals surface area (Å²) < 4.78 is 26.5. The fourth-order valence-electron chi connectivity index (χ4n) is 1.83. The summed E-state index contributed by atoms with van der Waals surface area (Å²) >= 11 is 0. The maximum Gasteiger partial charge on any atom is 0.203 e. The van der Waals surface area contributed by atoms with E-state index in [1.165, 1.54) is 21.3 Å². The van der Waals surface area contributed by atoms with E-state index in [1.54, 1.807) is 24.3 Å². The number of methoxy groups -OCH3 is 3. The Morgan fingerprint density at radius 2 is 1.71 bits per heavy atom. The highest BCUT2D eigenvalue weighted by molar-refractivity contribution is 5.70. The SMILES string of the molecule is COc1cc(OCc2ccc(C=O)o2)cc(OC)c1OC. The minimum atomic E-state index is 0.187. The van der Waals surface area contributed by atoms with Crippen LogP contribution >= 0.6 is 0 Å². The van der Waals surface area contributed by atoms with Crippen LogP contribution in [-0.4, -0.2) is 27.6 Å². The molecule has 2 aromatic rings. The summed E-state index contributed by atoms with van der Waals surface area (Å²) in [6.45, 7) is 0.187. The van der Waals surface area contributed by atoms with Gasteiger partial charge in [-0.2, -0.15) is 0 Å². The Labute approximate surface area is 122 Å². The van der Waals surface area contributed by atoms with Crippen LogP contribution in [0.25, 0.3) is 0 Å². The zero-order chi connectivity index (χ0) is 15.2. The van der Waals surface area contributed by atoms with Gasteiger partial charge in [0, 0.05) is 12.1 Å². The molecule has 0 radical (unpaired) electrons. The molecule has 0 aliphatic rings. The number of rotatable bonds is 7. The summed E-state index contributed by atoms with van der Waals surface area (Å²) in [6, 6.07) is 6.64. The molecule has 0 unspecified atom stereocenters. The molecule has 6 nitrogen and oxygen atoms in total. The highest BCUT2D eigenvalue weighted by Gasteiger charge is 2.14. The van der Waals surface area contributed by atoms with Crippen molar-refractivity contribution >= 4 is 6.29 Å². The van der Waals surface area contributed by atoms with Gasteiger partial charge >= 0.3 is 0 Å². The minimum absolute atomic E-state index is 0.187. The second-order valence-corrected chi connectivity index (χ2v) is 4.07. The van der Waals surface area contributed by atoms with Gasteiger partial charge < -0.3 is 23.4 Å². The standard InChI is InChI=1S/C15H16O6/c1-17-13-6-12(7-14(18-2)15(13)19-3)20-9-11-5-4-10(8-16)21-11/h4-8H,9H2,1-3H3. The second kappa shape index (κ2) is 6.69. The fraction of sp³-hybridized carbons (Fsp3) is 0.267. The van der Waals surface area contributed by atoms with Crippen molar-refractivity contribution in [3.8, 4) is 23.0 Å². The first kappa shape index (κ1) is 14.8. The van der Waals surface area contributed by atoms with Gasteiger partial charge in [-0.15, -0.1) is 0 Å². The van der Waals surface area contributed by atoms with E-state index in [0.29, 0.717) is 35.0 Å². The van der Waals surface area contributed by atoms with Crippen LogP contribution in [0.4, 0.5) is 0 Å². The molecule has 0 saturated carbocycles. The summed E-state index contributed by atoms with van der Waals surface area (Å²) in [5.41, 5.74) is 0. The third kappa shape index (κ3) is 3.28. The molecule has 112 valence electrons. The van der Waals surface area contributed by atoms with Crippen LogP contribution in [0, 0.1) is 0 Å². The molecular weight excluding hydrogens is 276 g/mol. The number of hydrogen-bond acceptors (Lipinski definition) is 6. The summed E-state index contributed by atoms with van der Waals surface area (Å²) in [5.74, 6) is 2.84. The molecule has 0 aliphatic heterocycles. The predicted octanol–water partition coefficient (Wildman–Crippen LogP) is 2.70. The van der Waals surface area contributed by atoms with Gasteiger partial charge in [-0.25, -0.2) is 0 Å². The molecule has 6 heteroatoms. The van der Waals surface area contributed by atoms with Crippen molar-refractivity contribution < 1.29 is 28.2 Å². The van der Waals surface area contributed by atoms with E-state index in [9.17, 15) is 4.79 Å². The smallest absolute Gasteiger partial charge is 0.203 e. The van der Waals surface area contributed by atoms with E-state index in [1.807, 2.05) is 0 Å². The lowest BCUT2D eigenvalue weighted by Crippen LogP contribution is -1.98. The molecule has 0 amide bonds. The van der Waals surface area contributed by atoms with Crippen molar-refractivity contribution in [2.75, 3.05) is 21.3 Å². The van der Waals surface area contributed by atoms with Crippen LogP contribution in [0.15, 0.2) is 28.7 Å². The number of furan rings is 1. The lowest BCUT2D eigenvalue weighted by molar-refractivity contribution is 0.109. The molecule has 0 bridgehead atoms. The molecule has 21 heavy (non-hydrogen) atoms. The Bertz CT molecular complexity index is 591.